The lowest BCUT2D eigenvalue weighted by atomic mass is 10.0. The average molecular weight is 277 g/mol. The summed E-state index contributed by atoms with van der Waals surface area (Å²) in [5.74, 6) is 0.285. The van der Waals surface area contributed by atoms with Gasteiger partial charge in [0.2, 0.25) is 0 Å². The number of hydrogen-bond donors (Lipinski definition) is 2. The Balaban J connectivity index is 1.65. The molecule has 1 fully saturated rings. The number of nitrogens with one attached hydrogen (secondary N) is 1. The monoisotopic (exact) mass is 277 g/mol. The molecule has 0 spiro atoms. The molecular formula is C16H27N3O. The second-order valence-electron chi connectivity index (χ2n) is 5.83. The molecule has 0 saturated carbocycles. The summed E-state index contributed by atoms with van der Waals surface area (Å²) in [5, 5.41) is 13.1. The maximum atomic E-state index is 9.72. The topological polar surface area (TPSA) is 48.4 Å². The Labute approximate surface area is 122 Å². The number of aromatic hydroxyl groups is 1. The van der Waals surface area contributed by atoms with E-state index in [2.05, 4.69) is 22.1 Å². The summed E-state index contributed by atoms with van der Waals surface area (Å²) >= 11 is 0. The maximum absolute atomic E-state index is 9.72. The fourth-order valence-corrected chi connectivity index (χ4v) is 2.84. The standard InChI is InChI=1S/C16H27N3O/c1-13-7-8-16(20)15(18-13)12-17-9-5-11-19-10-4-3-6-14(19)2/h7-8,14,17,20H,3-6,9-12H2,1-2H3. The van der Waals surface area contributed by atoms with Crippen molar-refractivity contribution in [2.24, 2.45) is 0 Å². The van der Waals surface area contributed by atoms with E-state index in [1.165, 1.54) is 32.4 Å². The van der Waals surface area contributed by atoms with Crippen LogP contribution in [0.2, 0.25) is 0 Å². The summed E-state index contributed by atoms with van der Waals surface area (Å²) in [7, 11) is 0. The highest BCUT2D eigenvalue weighted by Crippen LogP contribution is 2.16. The largest absolute Gasteiger partial charge is 0.506 e. The van der Waals surface area contributed by atoms with Gasteiger partial charge >= 0.3 is 0 Å². The van der Waals surface area contributed by atoms with Crippen LogP contribution in [0.1, 0.15) is 44.0 Å². The van der Waals surface area contributed by atoms with Gasteiger partial charge in [-0.15, -0.1) is 0 Å². The van der Waals surface area contributed by atoms with Crippen LogP contribution in [0.4, 0.5) is 0 Å². The van der Waals surface area contributed by atoms with E-state index in [4.69, 9.17) is 0 Å². The molecule has 1 aliphatic rings. The number of pyridine rings is 1. The molecule has 0 amide bonds. The minimum Gasteiger partial charge on any atom is -0.506 e. The van der Waals surface area contributed by atoms with E-state index in [0.29, 0.717) is 6.54 Å². The van der Waals surface area contributed by atoms with Crippen LogP contribution in [-0.2, 0) is 6.54 Å². The number of hydrogen-bond acceptors (Lipinski definition) is 4. The lowest BCUT2D eigenvalue weighted by Gasteiger charge is -2.33. The van der Waals surface area contributed by atoms with E-state index in [1.54, 1.807) is 6.07 Å². The van der Waals surface area contributed by atoms with Crippen molar-refractivity contribution in [3.05, 3.63) is 23.5 Å². The summed E-state index contributed by atoms with van der Waals surface area (Å²) in [6.07, 6.45) is 5.22. The van der Waals surface area contributed by atoms with Gasteiger partial charge in [0.15, 0.2) is 0 Å². The third kappa shape index (κ3) is 4.46. The Morgan fingerprint density at radius 1 is 1.40 bits per heavy atom. The lowest BCUT2D eigenvalue weighted by Crippen LogP contribution is -2.38. The molecule has 1 atom stereocenters. The van der Waals surface area contributed by atoms with E-state index in [-0.39, 0.29) is 5.75 Å². The van der Waals surface area contributed by atoms with Gasteiger partial charge in [-0.3, -0.25) is 4.98 Å². The van der Waals surface area contributed by atoms with Crippen LogP contribution in [0.25, 0.3) is 0 Å². The first-order chi connectivity index (χ1) is 9.66. The molecule has 20 heavy (non-hydrogen) atoms. The molecule has 1 saturated heterocycles. The molecule has 0 aromatic carbocycles. The van der Waals surface area contributed by atoms with Crippen LogP contribution in [0.5, 0.6) is 5.75 Å². The molecule has 1 aromatic rings. The zero-order valence-corrected chi connectivity index (χ0v) is 12.7. The molecule has 0 bridgehead atoms. The molecule has 4 heteroatoms. The molecule has 0 aliphatic carbocycles. The van der Waals surface area contributed by atoms with Gasteiger partial charge in [-0.2, -0.15) is 0 Å². The summed E-state index contributed by atoms with van der Waals surface area (Å²) in [6, 6.07) is 4.29. The van der Waals surface area contributed by atoms with Crippen molar-refractivity contribution in [1.82, 2.24) is 15.2 Å². The molecule has 2 rings (SSSR count). The van der Waals surface area contributed by atoms with Gasteiger partial charge < -0.3 is 15.3 Å². The van der Waals surface area contributed by atoms with Gasteiger partial charge in [0.05, 0.1) is 5.69 Å². The average Bonchev–Trinajstić information content (AvgIpc) is 2.44. The van der Waals surface area contributed by atoms with E-state index in [1.807, 2.05) is 13.0 Å². The van der Waals surface area contributed by atoms with Crippen molar-refractivity contribution < 1.29 is 5.11 Å². The van der Waals surface area contributed by atoms with Gasteiger partial charge in [0.25, 0.3) is 0 Å². The minimum atomic E-state index is 0.285. The van der Waals surface area contributed by atoms with E-state index < -0.39 is 0 Å². The molecule has 1 aromatic heterocycles. The smallest absolute Gasteiger partial charge is 0.138 e. The van der Waals surface area contributed by atoms with Crippen molar-refractivity contribution in [2.75, 3.05) is 19.6 Å². The summed E-state index contributed by atoms with van der Waals surface area (Å²) < 4.78 is 0. The van der Waals surface area contributed by atoms with Gasteiger partial charge in [0, 0.05) is 18.3 Å². The van der Waals surface area contributed by atoms with Crippen LogP contribution < -0.4 is 5.32 Å². The van der Waals surface area contributed by atoms with Crippen LogP contribution in [0.3, 0.4) is 0 Å². The van der Waals surface area contributed by atoms with Crippen LogP contribution >= 0.6 is 0 Å². The summed E-state index contributed by atoms with van der Waals surface area (Å²) in [6.45, 7) is 8.31. The van der Waals surface area contributed by atoms with Crippen LogP contribution in [0.15, 0.2) is 12.1 Å². The third-order valence-electron chi connectivity index (χ3n) is 4.12. The number of aryl methyl sites for hydroxylation is 1. The predicted molar refractivity (Wildman–Crippen MR) is 81.8 cm³/mol. The normalized spacial score (nSPS) is 20.2. The van der Waals surface area contributed by atoms with Crippen molar-refractivity contribution >= 4 is 0 Å². The van der Waals surface area contributed by atoms with Crippen molar-refractivity contribution in [3.8, 4) is 5.75 Å². The highest BCUT2D eigenvalue weighted by Gasteiger charge is 2.16. The molecular weight excluding hydrogens is 250 g/mol. The maximum Gasteiger partial charge on any atom is 0.138 e. The minimum absolute atomic E-state index is 0.285. The zero-order valence-electron chi connectivity index (χ0n) is 12.7. The van der Waals surface area contributed by atoms with Crippen molar-refractivity contribution in [3.63, 3.8) is 0 Å². The second kappa shape index (κ2) is 7.60. The number of rotatable bonds is 6. The van der Waals surface area contributed by atoms with Gasteiger partial charge in [-0.1, -0.05) is 6.42 Å². The highest BCUT2D eigenvalue weighted by atomic mass is 16.3. The number of likely N-dealkylation sites (tertiary alicyclic amines) is 1. The SMILES string of the molecule is Cc1ccc(O)c(CNCCCN2CCCCC2C)n1. The zero-order chi connectivity index (χ0) is 14.4. The first-order valence-corrected chi connectivity index (χ1v) is 7.77. The van der Waals surface area contributed by atoms with E-state index in [0.717, 1.165) is 30.4 Å². The van der Waals surface area contributed by atoms with E-state index >= 15 is 0 Å². The Morgan fingerprint density at radius 3 is 3.05 bits per heavy atom. The molecule has 2 heterocycles. The van der Waals surface area contributed by atoms with E-state index in [9.17, 15) is 5.11 Å². The number of aromatic nitrogens is 1. The molecule has 4 nitrogen and oxygen atoms in total. The van der Waals surface area contributed by atoms with Crippen molar-refractivity contribution in [2.45, 2.75) is 52.1 Å². The summed E-state index contributed by atoms with van der Waals surface area (Å²) in [5.41, 5.74) is 1.69. The van der Waals surface area contributed by atoms with Gasteiger partial charge in [-0.05, 0) is 64.9 Å². The van der Waals surface area contributed by atoms with Crippen LogP contribution in [0, 0.1) is 6.92 Å². The van der Waals surface area contributed by atoms with Crippen LogP contribution in [-0.4, -0.2) is 40.7 Å². The lowest BCUT2D eigenvalue weighted by molar-refractivity contribution is 0.159. The fourth-order valence-electron chi connectivity index (χ4n) is 2.84. The number of nitrogens with zero attached hydrogens (tertiary/aromatic N) is 2. The van der Waals surface area contributed by atoms with Gasteiger partial charge in [-0.25, -0.2) is 0 Å². The molecule has 0 radical (unpaired) electrons. The molecule has 112 valence electrons. The molecule has 1 unspecified atom stereocenters. The predicted octanol–water partition coefficient (Wildman–Crippen LogP) is 2.45. The Bertz CT molecular complexity index is 422. The molecule has 2 N–H and O–H groups in total. The second-order valence-corrected chi connectivity index (χ2v) is 5.83. The Morgan fingerprint density at radius 2 is 2.25 bits per heavy atom. The Kier molecular flexibility index (Phi) is 5.80. The third-order valence-corrected chi connectivity index (χ3v) is 4.12. The molecule has 1 aliphatic heterocycles. The summed E-state index contributed by atoms with van der Waals surface area (Å²) in [4.78, 5) is 6.94. The number of piperidine rings is 1. The highest BCUT2D eigenvalue weighted by molar-refractivity contribution is 5.27. The fraction of sp³-hybridized carbons (Fsp3) is 0.688. The Hall–Kier alpha value is -1.13. The first-order valence-electron chi connectivity index (χ1n) is 7.77. The first kappa shape index (κ1) is 15.3. The van der Waals surface area contributed by atoms with Gasteiger partial charge in [0.1, 0.15) is 5.75 Å². The quantitative estimate of drug-likeness (QED) is 0.784. The van der Waals surface area contributed by atoms with Crippen molar-refractivity contribution in [1.29, 1.82) is 0 Å².